The van der Waals surface area contributed by atoms with E-state index in [4.69, 9.17) is 4.74 Å². The van der Waals surface area contributed by atoms with Gasteiger partial charge in [-0.1, -0.05) is 34.1 Å². The molecule has 0 atom stereocenters. The van der Waals surface area contributed by atoms with Crippen LogP contribution in [0.25, 0.3) is 10.8 Å². The van der Waals surface area contributed by atoms with Crippen LogP contribution in [0.4, 0.5) is 10.1 Å². The number of rotatable bonds is 5. The molecule has 0 bridgehead atoms. The number of carbonyl (C=O) groups excluding carboxylic acids is 1. The van der Waals surface area contributed by atoms with Crippen LogP contribution in [0.5, 0.6) is 0 Å². The van der Waals surface area contributed by atoms with Crippen molar-refractivity contribution in [2.75, 3.05) is 37.7 Å². The number of benzene rings is 3. The minimum atomic E-state index is -0.226. The molecule has 1 heterocycles. The molecule has 1 saturated heterocycles. The Hall–Kier alpha value is -2.44. The van der Waals surface area contributed by atoms with Gasteiger partial charge in [-0.3, -0.25) is 4.79 Å². The maximum absolute atomic E-state index is 14.5. The highest BCUT2D eigenvalue weighted by Crippen LogP contribution is 2.22. The minimum Gasteiger partial charge on any atom is -0.378 e. The molecule has 0 spiro atoms. The first-order chi connectivity index (χ1) is 14.1. The second-order valence-corrected chi connectivity index (χ2v) is 8.01. The number of carbonyl (C=O) groups is 1. The third kappa shape index (κ3) is 4.77. The fraction of sp³-hybridized carbons (Fsp3) is 0.261. The van der Waals surface area contributed by atoms with E-state index in [1.807, 2.05) is 53.4 Å². The molecule has 1 aliphatic heterocycles. The monoisotopic (exact) mass is 456 g/mol. The van der Waals surface area contributed by atoms with Crippen molar-refractivity contribution < 1.29 is 13.9 Å². The van der Waals surface area contributed by atoms with Gasteiger partial charge < -0.3 is 15.0 Å². The van der Waals surface area contributed by atoms with E-state index in [0.29, 0.717) is 50.5 Å². The van der Waals surface area contributed by atoms with E-state index in [0.717, 1.165) is 20.8 Å². The molecule has 29 heavy (non-hydrogen) atoms. The van der Waals surface area contributed by atoms with Crippen LogP contribution in [0.1, 0.15) is 15.9 Å². The molecule has 3 aromatic carbocycles. The highest BCUT2D eigenvalue weighted by Gasteiger charge is 2.15. The fourth-order valence-corrected chi connectivity index (χ4v) is 3.93. The van der Waals surface area contributed by atoms with Crippen LogP contribution in [0, 0.1) is 5.82 Å². The highest BCUT2D eigenvalue weighted by molar-refractivity contribution is 9.10. The van der Waals surface area contributed by atoms with Crippen LogP contribution in [0.15, 0.2) is 59.1 Å². The van der Waals surface area contributed by atoms with Crippen LogP contribution < -0.4 is 10.2 Å². The van der Waals surface area contributed by atoms with E-state index in [2.05, 4.69) is 21.2 Å². The standard InChI is InChI=1S/C23H22BrFN2O2/c24-20-5-4-17-2-3-18(14-19(17)15-20)23(28)26-8-7-16-1-6-22(21(25)13-16)27-9-11-29-12-10-27/h1-6,13-15H,7-12H2,(H,26,28). The Bertz CT molecular complexity index is 1030. The zero-order valence-corrected chi connectivity index (χ0v) is 17.5. The summed E-state index contributed by atoms with van der Waals surface area (Å²) >= 11 is 3.46. The number of halogens is 2. The lowest BCUT2D eigenvalue weighted by atomic mass is 10.1. The summed E-state index contributed by atoms with van der Waals surface area (Å²) in [5.74, 6) is -0.354. The third-order valence-corrected chi connectivity index (χ3v) is 5.62. The quantitative estimate of drug-likeness (QED) is 0.612. The summed E-state index contributed by atoms with van der Waals surface area (Å²) in [6, 6.07) is 16.9. The Balaban J connectivity index is 1.36. The SMILES string of the molecule is O=C(NCCc1ccc(N2CCOCC2)c(F)c1)c1ccc2ccc(Br)cc2c1. The lowest BCUT2D eigenvalue weighted by Crippen LogP contribution is -2.36. The largest absolute Gasteiger partial charge is 0.378 e. The molecule has 0 saturated carbocycles. The smallest absolute Gasteiger partial charge is 0.251 e. The summed E-state index contributed by atoms with van der Waals surface area (Å²) in [5, 5.41) is 5.02. The molecular formula is C23H22BrFN2O2. The molecule has 4 rings (SSSR count). The average molecular weight is 457 g/mol. The third-order valence-electron chi connectivity index (χ3n) is 5.13. The maximum atomic E-state index is 14.5. The first-order valence-electron chi connectivity index (χ1n) is 9.69. The lowest BCUT2D eigenvalue weighted by Gasteiger charge is -2.29. The van der Waals surface area contributed by atoms with Crippen molar-refractivity contribution in [3.05, 3.63) is 76.0 Å². The Morgan fingerprint density at radius 2 is 1.83 bits per heavy atom. The van der Waals surface area contributed by atoms with Crippen molar-refractivity contribution >= 4 is 38.3 Å². The zero-order valence-electron chi connectivity index (χ0n) is 16.0. The van der Waals surface area contributed by atoms with E-state index in [-0.39, 0.29) is 11.7 Å². The fourth-order valence-electron chi connectivity index (χ4n) is 3.55. The summed E-state index contributed by atoms with van der Waals surface area (Å²) in [7, 11) is 0. The van der Waals surface area contributed by atoms with E-state index < -0.39 is 0 Å². The molecule has 1 N–H and O–H groups in total. The van der Waals surface area contributed by atoms with Gasteiger partial charge in [0, 0.05) is 29.7 Å². The summed E-state index contributed by atoms with van der Waals surface area (Å²) in [6.45, 7) is 3.10. The van der Waals surface area contributed by atoms with Gasteiger partial charge in [0.2, 0.25) is 0 Å². The number of hydrogen-bond donors (Lipinski definition) is 1. The molecule has 0 radical (unpaired) electrons. The number of morpholine rings is 1. The summed E-state index contributed by atoms with van der Waals surface area (Å²) < 4.78 is 20.8. The normalized spacial score (nSPS) is 14.2. The van der Waals surface area contributed by atoms with E-state index >= 15 is 0 Å². The Labute approximate surface area is 177 Å². The molecule has 0 unspecified atom stereocenters. The molecule has 1 fully saturated rings. The van der Waals surface area contributed by atoms with Crippen molar-refractivity contribution in [3.8, 4) is 0 Å². The second-order valence-electron chi connectivity index (χ2n) is 7.10. The number of fused-ring (bicyclic) bond motifs is 1. The van der Waals surface area contributed by atoms with Gasteiger partial charge in [-0.2, -0.15) is 0 Å². The van der Waals surface area contributed by atoms with Crippen LogP contribution in [-0.2, 0) is 11.2 Å². The first kappa shape index (κ1) is 19.9. The van der Waals surface area contributed by atoms with Crippen LogP contribution >= 0.6 is 15.9 Å². The second kappa shape index (κ2) is 8.93. The van der Waals surface area contributed by atoms with Crippen molar-refractivity contribution in [1.29, 1.82) is 0 Å². The average Bonchev–Trinajstić information content (AvgIpc) is 2.74. The predicted molar refractivity (Wildman–Crippen MR) is 117 cm³/mol. The maximum Gasteiger partial charge on any atom is 0.251 e. The van der Waals surface area contributed by atoms with Crippen molar-refractivity contribution in [3.63, 3.8) is 0 Å². The van der Waals surface area contributed by atoms with Gasteiger partial charge in [0.15, 0.2) is 0 Å². The highest BCUT2D eigenvalue weighted by atomic mass is 79.9. The molecule has 1 amide bonds. The van der Waals surface area contributed by atoms with Gasteiger partial charge in [0.1, 0.15) is 5.82 Å². The molecule has 0 aromatic heterocycles. The van der Waals surface area contributed by atoms with Crippen LogP contribution in [-0.4, -0.2) is 38.8 Å². The van der Waals surface area contributed by atoms with E-state index in [1.54, 1.807) is 6.07 Å². The molecule has 6 heteroatoms. The van der Waals surface area contributed by atoms with Crippen LogP contribution in [0.2, 0.25) is 0 Å². The molecule has 4 nitrogen and oxygen atoms in total. The predicted octanol–water partition coefficient (Wildman–Crippen LogP) is 4.55. The molecule has 150 valence electrons. The number of nitrogens with zero attached hydrogens (tertiary/aromatic N) is 1. The van der Waals surface area contributed by atoms with Gasteiger partial charge in [-0.25, -0.2) is 4.39 Å². The molecular weight excluding hydrogens is 435 g/mol. The number of ether oxygens (including phenoxy) is 1. The van der Waals surface area contributed by atoms with Crippen LogP contribution in [0.3, 0.4) is 0 Å². The van der Waals surface area contributed by atoms with Crippen molar-refractivity contribution in [1.82, 2.24) is 5.32 Å². The van der Waals surface area contributed by atoms with Gasteiger partial charge in [0.05, 0.1) is 18.9 Å². The van der Waals surface area contributed by atoms with E-state index in [1.165, 1.54) is 0 Å². The first-order valence-corrected chi connectivity index (χ1v) is 10.5. The minimum absolute atomic E-state index is 0.128. The number of hydrogen-bond acceptors (Lipinski definition) is 3. The molecule has 1 aliphatic rings. The summed E-state index contributed by atoms with van der Waals surface area (Å²) in [4.78, 5) is 14.5. The zero-order chi connectivity index (χ0) is 20.2. The molecule has 0 aliphatic carbocycles. The number of anilines is 1. The number of amides is 1. The lowest BCUT2D eigenvalue weighted by molar-refractivity contribution is 0.0954. The Kier molecular flexibility index (Phi) is 6.11. The molecule has 3 aromatic rings. The van der Waals surface area contributed by atoms with E-state index in [9.17, 15) is 9.18 Å². The number of nitrogens with one attached hydrogen (secondary N) is 1. The van der Waals surface area contributed by atoms with Gasteiger partial charge in [-0.05, 0) is 59.2 Å². The van der Waals surface area contributed by atoms with Gasteiger partial charge in [0.25, 0.3) is 5.91 Å². The summed E-state index contributed by atoms with van der Waals surface area (Å²) in [5.41, 5.74) is 2.09. The van der Waals surface area contributed by atoms with Crippen molar-refractivity contribution in [2.24, 2.45) is 0 Å². The Morgan fingerprint density at radius 1 is 1.03 bits per heavy atom. The Morgan fingerprint density at radius 3 is 2.62 bits per heavy atom. The van der Waals surface area contributed by atoms with Gasteiger partial charge >= 0.3 is 0 Å². The van der Waals surface area contributed by atoms with Crippen molar-refractivity contribution in [2.45, 2.75) is 6.42 Å². The topological polar surface area (TPSA) is 41.6 Å². The summed E-state index contributed by atoms with van der Waals surface area (Å²) in [6.07, 6.45) is 0.575. The van der Waals surface area contributed by atoms with Gasteiger partial charge in [-0.15, -0.1) is 0 Å².